The number of hydrogen-bond acceptors (Lipinski definition) is 4. The molecule has 0 aliphatic heterocycles. The van der Waals surface area contributed by atoms with E-state index in [0.29, 0.717) is 6.54 Å². The van der Waals surface area contributed by atoms with Gasteiger partial charge in [0.25, 0.3) is 0 Å². The van der Waals surface area contributed by atoms with E-state index in [1.807, 2.05) is 6.26 Å². The Morgan fingerprint density at radius 2 is 2.11 bits per heavy atom. The number of aromatic carboxylic acids is 1. The highest BCUT2D eigenvalue weighted by Gasteiger charge is 2.16. The molecule has 0 saturated carbocycles. The van der Waals surface area contributed by atoms with Crippen molar-refractivity contribution in [1.29, 1.82) is 0 Å². The minimum absolute atomic E-state index is 0.0842. The number of benzene rings is 1. The maximum absolute atomic E-state index is 11.8. The maximum atomic E-state index is 11.8. The van der Waals surface area contributed by atoms with E-state index in [4.69, 9.17) is 5.11 Å². The lowest BCUT2D eigenvalue weighted by Crippen LogP contribution is -2.33. The Kier molecular flexibility index (Phi) is 5.50. The molecular formula is C12H16N2O4S. The fourth-order valence-corrected chi connectivity index (χ4v) is 1.81. The van der Waals surface area contributed by atoms with E-state index in [9.17, 15) is 14.7 Å². The number of urea groups is 1. The van der Waals surface area contributed by atoms with Gasteiger partial charge in [-0.25, -0.2) is 9.59 Å². The van der Waals surface area contributed by atoms with Crippen molar-refractivity contribution in [2.75, 3.05) is 30.9 Å². The number of para-hydroxylation sites is 1. The molecule has 0 bridgehead atoms. The standard InChI is InChI=1S/C12H16N2O4S/c1-14(6-7-19-2)12(18)13-9-5-3-4-8(10(9)15)11(16)17/h3-5,15H,6-7H2,1-2H3,(H,13,18)(H,16,17). The largest absolute Gasteiger partial charge is 0.505 e. The number of amides is 2. The number of nitrogens with one attached hydrogen (secondary N) is 1. The highest BCUT2D eigenvalue weighted by Crippen LogP contribution is 2.27. The van der Waals surface area contributed by atoms with Gasteiger partial charge < -0.3 is 20.4 Å². The summed E-state index contributed by atoms with van der Waals surface area (Å²) in [7, 11) is 1.63. The van der Waals surface area contributed by atoms with Crippen molar-refractivity contribution in [3.63, 3.8) is 0 Å². The summed E-state index contributed by atoms with van der Waals surface area (Å²) in [5, 5.41) is 21.1. The van der Waals surface area contributed by atoms with E-state index < -0.39 is 17.7 Å². The lowest BCUT2D eigenvalue weighted by Gasteiger charge is -2.18. The quantitative estimate of drug-likeness (QED) is 0.719. The normalized spacial score (nSPS) is 10.0. The molecule has 0 spiro atoms. The summed E-state index contributed by atoms with van der Waals surface area (Å²) in [6.07, 6.45) is 1.94. The predicted octanol–water partition coefficient (Wildman–Crippen LogP) is 1.92. The van der Waals surface area contributed by atoms with E-state index in [1.54, 1.807) is 18.8 Å². The lowest BCUT2D eigenvalue weighted by atomic mass is 10.1. The average Bonchev–Trinajstić information content (AvgIpc) is 2.37. The highest BCUT2D eigenvalue weighted by molar-refractivity contribution is 7.98. The molecule has 0 atom stereocenters. The molecule has 0 unspecified atom stereocenters. The van der Waals surface area contributed by atoms with Gasteiger partial charge in [-0.05, 0) is 18.4 Å². The molecule has 1 aromatic carbocycles. The van der Waals surface area contributed by atoms with Gasteiger partial charge in [0.05, 0.1) is 5.69 Å². The van der Waals surface area contributed by atoms with Gasteiger partial charge in [0.15, 0.2) is 5.75 Å². The zero-order valence-electron chi connectivity index (χ0n) is 10.7. The van der Waals surface area contributed by atoms with Crippen LogP contribution >= 0.6 is 11.8 Å². The molecule has 1 rings (SSSR count). The molecule has 0 aliphatic carbocycles. The zero-order chi connectivity index (χ0) is 14.4. The van der Waals surface area contributed by atoms with E-state index in [1.165, 1.54) is 23.1 Å². The molecule has 104 valence electrons. The van der Waals surface area contributed by atoms with E-state index in [-0.39, 0.29) is 11.3 Å². The third-order valence-electron chi connectivity index (χ3n) is 2.49. The zero-order valence-corrected chi connectivity index (χ0v) is 11.5. The Labute approximate surface area is 115 Å². The van der Waals surface area contributed by atoms with E-state index in [0.717, 1.165) is 5.75 Å². The molecule has 3 N–H and O–H groups in total. The Hall–Kier alpha value is -1.89. The number of thioether (sulfide) groups is 1. The second-order valence-corrected chi connectivity index (χ2v) is 4.84. The molecule has 7 heteroatoms. The summed E-state index contributed by atoms with van der Waals surface area (Å²) >= 11 is 1.61. The first kappa shape index (κ1) is 15.2. The monoisotopic (exact) mass is 284 g/mol. The molecule has 19 heavy (non-hydrogen) atoms. The van der Waals surface area contributed by atoms with Crippen LogP contribution in [0.15, 0.2) is 18.2 Å². The summed E-state index contributed by atoms with van der Waals surface area (Å²) < 4.78 is 0. The molecule has 0 radical (unpaired) electrons. The molecule has 1 aromatic rings. The molecule has 0 aliphatic rings. The maximum Gasteiger partial charge on any atom is 0.339 e. The second kappa shape index (κ2) is 6.89. The summed E-state index contributed by atoms with van der Waals surface area (Å²) in [5.41, 5.74) is -0.162. The summed E-state index contributed by atoms with van der Waals surface area (Å²) in [4.78, 5) is 24.1. The molecule has 2 amide bonds. The highest BCUT2D eigenvalue weighted by atomic mass is 32.2. The van der Waals surface area contributed by atoms with Crippen molar-refractivity contribution in [1.82, 2.24) is 4.90 Å². The van der Waals surface area contributed by atoms with Crippen LogP contribution in [0.1, 0.15) is 10.4 Å². The Morgan fingerprint density at radius 3 is 2.68 bits per heavy atom. The number of carbonyl (C=O) groups is 2. The SMILES string of the molecule is CSCCN(C)C(=O)Nc1cccc(C(=O)O)c1O. The lowest BCUT2D eigenvalue weighted by molar-refractivity contribution is 0.0693. The van der Waals surface area contributed by atoms with Gasteiger partial charge in [0, 0.05) is 19.3 Å². The summed E-state index contributed by atoms with van der Waals surface area (Å²) in [6, 6.07) is 3.78. The van der Waals surface area contributed by atoms with Crippen LogP contribution in [0.5, 0.6) is 5.75 Å². The first-order chi connectivity index (χ1) is 8.97. The third-order valence-corrected chi connectivity index (χ3v) is 3.08. The van der Waals surface area contributed by atoms with Gasteiger partial charge in [-0.15, -0.1) is 0 Å². The topological polar surface area (TPSA) is 89.9 Å². The Balaban J connectivity index is 2.80. The van der Waals surface area contributed by atoms with Crippen LogP contribution in [-0.4, -0.2) is 52.7 Å². The van der Waals surface area contributed by atoms with E-state index >= 15 is 0 Å². The van der Waals surface area contributed by atoms with Crippen LogP contribution < -0.4 is 5.32 Å². The van der Waals surface area contributed by atoms with Crippen LogP contribution in [0.25, 0.3) is 0 Å². The second-order valence-electron chi connectivity index (χ2n) is 3.85. The third kappa shape index (κ3) is 4.06. The fraction of sp³-hybridized carbons (Fsp3) is 0.333. The molecule has 0 saturated heterocycles. The summed E-state index contributed by atoms with van der Waals surface area (Å²) in [6.45, 7) is 0.562. The van der Waals surface area contributed by atoms with Crippen LogP contribution in [0.3, 0.4) is 0 Å². The molecule has 0 aromatic heterocycles. The Bertz CT molecular complexity index is 479. The van der Waals surface area contributed by atoms with Gasteiger partial charge in [0.2, 0.25) is 0 Å². The first-order valence-electron chi connectivity index (χ1n) is 5.53. The van der Waals surface area contributed by atoms with Gasteiger partial charge in [-0.3, -0.25) is 0 Å². The number of anilines is 1. The van der Waals surface area contributed by atoms with Crippen LogP contribution in [0.4, 0.5) is 10.5 Å². The number of carboxylic acids is 1. The van der Waals surface area contributed by atoms with Crippen molar-refractivity contribution >= 4 is 29.4 Å². The smallest absolute Gasteiger partial charge is 0.339 e. The summed E-state index contributed by atoms with van der Waals surface area (Å²) in [5.74, 6) is -0.892. The van der Waals surface area contributed by atoms with Crippen molar-refractivity contribution in [2.24, 2.45) is 0 Å². The number of rotatable bonds is 5. The van der Waals surface area contributed by atoms with Crippen molar-refractivity contribution in [3.8, 4) is 5.75 Å². The Morgan fingerprint density at radius 1 is 1.42 bits per heavy atom. The van der Waals surface area contributed by atoms with Gasteiger partial charge in [-0.2, -0.15) is 11.8 Å². The van der Waals surface area contributed by atoms with Crippen LogP contribution in [0.2, 0.25) is 0 Å². The van der Waals surface area contributed by atoms with Crippen molar-refractivity contribution in [3.05, 3.63) is 23.8 Å². The van der Waals surface area contributed by atoms with Crippen LogP contribution in [-0.2, 0) is 0 Å². The van der Waals surface area contributed by atoms with E-state index in [2.05, 4.69) is 5.32 Å². The number of nitrogens with zero attached hydrogens (tertiary/aromatic N) is 1. The van der Waals surface area contributed by atoms with Gasteiger partial charge >= 0.3 is 12.0 Å². The van der Waals surface area contributed by atoms with Gasteiger partial charge in [0.1, 0.15) is 5.56 Å². The number of carbonyl (C=O) groups excluding carboxylic acids is 1. The average molecular weight is 284 g/mol. The molecule has 0 heterocycles. The minimum atomic E-state index is -1.25. The predicted molar refractivity (Wildman–Crippen MR) is 75.1 cm³/mol. The molecule has 6 nitrogen and oxygen atoms in total. The fourth-order valence-electron chi connectivity index (χ4n) is 1.36. The minimum Gasteiger partial charge on any atom is -0.505 e. The molecule has 0 fully saturated rings. The van der Waals surface area contributed by atoms with Crippen molar-refractivity contribution < 1.29 is 19.8 Å². The first-order valence-corrected chi connectivity index (χ1v) is 6.93. The van der Waals surface area contributed by atoms with Crippen LogP contribution in [0, 0.1) is 0 Å². The van der Waals surface area contributed by atoms with Crippen molar-refractivity contribution in [2.45, 2.75) is 0 Å². The number of hydrogen-bond donors (Lipinski definition) is 3. The number of phenols is 1. The van der Waals surface area contributed by atoms with Gasteiger partial charge in [-0.1, -0.05) is 6.07 Å². The molecular weight excluding hydrogens is 268 g/mol. The number of aromatic hydroxyl groups is 1. The number of carboxylic acid groups (broad SMARTS) is 1.